The lowest BCUT2D eigenvalue weighted by Crippen LogP contribution is -2.37. The minimum atomic E-state index is -4.65. The molecule has 0 radical (unpaired) electrons. The van der Waals surface area contributed by atoms with Gasteiger partial charge < -0.3 is 27.9 Å². The molecule has 0 aliphatic carbocycles. The van der Waals surface area contributed by atoms with Gasteiger partial charge in [-0.25, -0.2) is 0 Å². The van der Waals surface area contributed by atoms with Crippen LogP contribution in [0.4, 0.5) is 0 Å². The summed E-state index contributed by atoms with van der Waals surface area (Å²) in [6.07, 6.45) is 90.9. The number of carbonyl (C=O) groups excluding carboxylic acids is 2. The van der Waals surface area contributed by atoms with E-state index in [1.165, 1.54) is 109 Å². The van der Waals surface area contributed by atoms with Gasteiger partial charge in [0.1, 0.15) is 19.8 Å². The summed E-state index contributed by atoms with van der Waals surface area (Å²) in [6.45, 7) is 4.12. The molecule has 0 fully saturated rings. The summed E-state index contributed by atoms with van der Waals surface area (Å²) >= 11 is 0. The van der Waals surface area contributed by atoms with Gasteiger partial charge in [-0.05, 0) is 116 Å². The lowest BCUT2D eigenvalue weighted by atomic mass is 10.0. The Labute approximate surface area is 511 Å². The van der Waals surface area contributed by atoms with Crippen LogP contribution in [0, 0.1) is 0 Å². The number of carbonyl (C=O) groups is 2. The molecule has 0 saturated heterocycles. The highest BCUT2D eigenvalue weighted by molar-refractivity contribution is 7.45. The zero-order chi connectivity index (χ0) is 60.5. The summed E-state index contributed by atoms with van der Waals surface area (Å²) in [5.74, 6) is -0.845. The van der Waals surface area contributed by atoms with Crippen LogP contribution in [-0.4, -0.2) is 70.0 Å². The maximum Gasteiger partial charge on any atom is 0.306 e. The lowest BCUT2D eigenvalue weighted by molar-refractivity contribution is -0.870. The van der Waals surface area contributed by atoms with Crippen molar-refractivity contribution in [2.75, 3.05) is 47.5 Å². The lowest BCUT2D eigenvalue weighted by Gasteiger charge is -2.28. The summed E-state index contributed by atoms with van der Waals surface area (Å²) < 4.78 is 34.2. The summed E-state index contributed by atoms with van der Waals surface area (Å²) in [4.78, 5) is 38.0. The Balaban J connectivity index is 4.09. The van der Waals surface area contributed by atoms with E-state index in [4.69, 9.17) is 18.5 Å². The molecule has 2 unspecified atom stereocenters. The number of phosphoric ester groups is 1. The van der Waals surface area contributed by atoms with Crippen molar-refractivity contribution in [2.45, 2.75) is 270 Å². The van der Waals surface area contributed by atoms with Crippen molar-refractivity contribution in [3.8, 4) is 0 Å². The van der Waals surface area contributed by atoms with Gasteiger partial charge in [-0.2, -0.15) is 0 Å². The number of rotatable bonds is 60. The molecule has 0 rings (SSSR count). The van der Waals surface area contributed by atoms with Gasteiger partial charge in [-0.1, -0.05) is 270 Å². The van der Waals surface area contributed by atoms with E-state index < -0.39 is 32.5 Å². The van der Waals surface area contributed by atoms with Crippen molar-refractivity contribution in [1.82, 2.24) is 0 Å². The van der Waals surface area contributed by atoms with Crippen LogP contribution in [0.1, 0.15) is 264 Å². The molecule has 0 heterocycles. The second kappa shape index (κ2) is 62.7. The van der Waals surface area contributed by atoms with Gasteiger partial charge in [-0.15, -0.1) is 0 Å². The van der Waals surface area contributed by atoms with Gasteiger partial charge in [0.15, 0.2) is 6.10 Å². The van der Waals surface area contributed by atoms with Gasteiger partial charge in [0.05, 0.1) is 27.7 Å². The van der Waals surface area contributed by atoms with E-state index in [1.807, 2.05) is 21.1 Å². The molecular formula is C73H124NO8P. The first kappa shape index (κ1) is 79.2. The number of nitrogens with zero attached hydrogens (tertiary/aromatic N) is 1. The molecule has 0 spiro atoms. The normalized spacial score (nSPS) is 14.0. The summed E-state index contributed by atoms with van der Waals surface area (Å²) in [5.41, 5.74) is 0. The molecule has 9 nitrogen and oxygen atoms in total. The van der Waals surface area contributed by atoms with E-state index in [0.717, 1.165) is 122 Å². The van der Waals surface area contributed by atoms with E-state index in [2.05, 4.69) is 148 Å². The van der Waals surface area contributed by atoms with Gasteiger partial charge in [0, 0.05) is 12.8 Å². The molecule has 0 aromatic heterocycles. The second-order valence-electron chi connectivity index (χ2n) is 23.1. The standard InChI is InChI=1S/C73H124NO8P/c1-6-8-10-12-14-16-18-20-22-24-26-27-28-29-30-31-32-33-34-35-36-37-38-39-40-41-42-43-44-45-46-47-48-50-52-54-56-58-60-62-64-66-73(76)82-71(70-81-83(77,78)80-68-67-74(3,4)5)69-79-72(75)65-63-61-59-57-55-53-51-49-25-23-21-19-17-15-13-11-9-7-2/h8,10,14,16,20,22-23,25-27,29-30,32-33,35-36,38-39,41-42,44-45,71H,6-7,9,11-13,15,17-19,21,24,28,31,34,37,40,43,46-70H2,1-5H3/b10-8-,16-14-,22-20-,25-23-,27-26-,30-29-,33-32-,36-35-,39-38-,42-41-,45-44-. The van der Waals surface area contributed by atoms with Crippen molar-refractivity contribution in [1.29, 1.82) is 0 Å². The van der Waals surface area contributed by atoms with Crippen LogP contribution in [0.2, 0.25) is 0 Å². The van der Waals surface area contributed by atoms with E-state index in [0.29, 0.717) is 17.4 Å². The highest BCUT2D eigenvalue weighted by Crippen LogP contribution is 2.38. The quantitative estimate of drug-likeness (QED) is 0.0195. The van der Waals surface area contributed by atoms with Crippen molar-refractivity contribution in [3.05, 3.63) is 134 Å². The Kier molecular flexibility index (Phi) is 59.8. The second-order valence-corrected chi connectivity index (χ2v) is 24.5. The number of unbranched alkanes of at least 4 members (excludes halogenated alkanes) is 24. The Hall–Kier alpha value is -3.85. The van der Waals surface area contributed by atoms with Gasteiger partial charge in [-0.3, -0.25) is 14.2 Å². The van der Waals surface area contributed by atoms with Crippen molar-refractivity contribution >= 4 is 19.8 Å². The number of esters is 2. The fraction of sp³-hybridized carbons (Fsp3) is 0.671. The topological polar surface area (TPSA) is 111 Å². The molecule has 10 heteroatoms. The Bertz CT molecular complexity index is 1860. The number of ether oxygens (including phenoxy) is 2. The minimum absolute atomic E-state index is 0.0375. The molecule has 2 atom stereocenters. The van der Waals surface area contributed by atoms with Gasteiger partial charge >= 0.3 is 11.9 Å². The average molecular weight is 1170 g/mol. The highest BCUT2D eigenvalue weighted by Gasteiger charge is 2.22. The minimum Gasteiger partial charge on any atom is -0.756 e. The average Bonchev–Trinajstić information content (AvgIpc) is 3.48. The Morgan fingerprint density at radius 2 is 0.687 bits per heavy atom. The van der Waals surface area contributed by atoms with Crippen LogP contribution >= 0.6 is 7.82 Å². The molecular weight excluding hydrogens is 1050 g/mol. The maximum atomic E-state index is 12.8. The Morgan fingerprint density at radius 1 is 0.386 bits per heavy atom. The molecule has 474 valence electrons. The number of allylic oxidation sites excluding steroid dienone is 22. The molecule has 0 aromatic carbocycles. The van der Waals surface area contributed by atoms with Crippen molar-refractivity contribution in [3.63, 3.8) is 0 Å². The first-order chi connectivity index (χ1) is 40.5. The zero-order valence-corrected chi connectivity index (χ0v) is 54.7. The van der Waals surface area contributed by atoms with Crippen LogP contribution in [0.3, 0.4) is 0 Å². The van der Waals surface area contributed by atoms with Crippen LogP contribution in [-0.2, 0) is 32.7 Å². The number of hydrogen-bond donors (Lipinski definition) is 0. The van der Waals surface area contributed by atoms with E-state index in [9.17, 15) is 19.0 Å². The third-order valence-corrected chi connectivity index (χ3v) is 14.9. The number of phosphoric acid groups is 1. The molecule has 0 aliphatic rings. The predicted octanol–water partition coefficient (Wildman–Crippen LogP) is 21.0. The summed E-state index contributed by atoms with van der Waals surface area (Å²) in [5, 5.41) is 0. The smallest absolute Gasteiger partial charge is 0.306 e. The molecule has 0 amide bonds. The largest absolute Gasteiger partial charge is 0.756 e. The Morgan fingerprint density at radius 3 is 1.04 bits per heavy atom. The number of likely N-dealkylation sites (N-methyl/N-ethyl adjacent to an activating group) is 1. The summed E-state index contributed by atoms with van der Waals surface area (Å²) in [7, 11) is 1.15. The van der Waals surface area contributed by atoms with Crippen molar-refractivity contribution < 1.29 is 42.1 Å². The number of hydrogen-bond acceptors (Lipinski definition) is 8. The molecule has 0 saturated carbocycles. The molecule has 0 bridgehead atoms. The third-order valence-electron chi connectivity index (χ3n) is 13.9. The highest BCUT2D eigenvalue weighted by atomic mass is 31.2. The zero-order valence-electron chi connectivity index (χ0n) is 53.8. The van der Waals surface area contributed by atoms with Crippen LogP contribution in [0.25, 0.3) is 0 Å². The molecule has 0 aromatic rings. The monoisotopic (exact) mass is 1170 g/mol. The molecule has 0 aliphatic heterocycles. The van der Waals surface area contributed by atoms with E-state index in [-0.39, 0.29) is 26.1 Å². The predicted molar refractivity (Wildman–Crippen MR) is 355 cm³/mol. The van der Waals surface area contributed by atoms with Crippen LogP contribution < -0.4 is 4.89 Å². The number of quaternary nitrogens is 1. The summed E-state index contributed by atoms with van der Waals surface area (Å²) in [6, 6.07) is 0. The van der Waals surface area contributed by atoms with Crippen LogP contribution in [0.5, 0.6) is 0 Å². The van der Waals surface area contributed by atoms with Gasteiger partial charge in [0.25, 0.3) is 7.82 Å². The van der Waals surface area contributed by atoms with E-state index in [1.54, 1.807) is 0 Å². The first-order valence-corrected chi connectivity index (χ1v) is 34.9. The van der Waals surface area contributed by atoms with Gasteiger partial charge in [0.2, 0.25) is 0 Å². The first-order valence-electron chi connectivity index (χ1n) is 33.4. The van der Waals surface area contributed by atoms with Crippen LogP contribution in [0.15, 0.2) is 134 Å². The maximum absolute atomic E-state index is 12.8. The molecule has 0 N–H and O–H groups in total. The SMILES string of the molecule is CC/C=C\C/C=C\C/C=C\C/C=C\C/C=C\C/C=C\C/C=C\C/C=C\C/C=C\C/C=C\CCCCCCCCCCCCC(=O)OC(COC(=O)CCCCCCCCC/C=C\CCCCCCCCC)COP(=O)([O-])OCC[N+](C)(C)C. The van der Waals surface area contributed by atoms with Crippen molar-refractivity contribution in [2.24, 2.45) is 0 Å². The van der Waals surface area contributed by atoms with E-state index >= 15 is 0 Å². The fourth-order valence-electron chi connectivity index (χ4n) is 8.80. The third kappa shape index (κ3) is 67.2. The molecule has 83 heavy (non-hydrogen) atoms. The fourth-order valence-corrected chi connectivity index (χ4v) is 9.53.